The van der Waals surface area contributed by atoms with Gasteiger partial charge < -0.3 is 15.0 Å². The van der Waals surface area contributed by atoms with Gasteiger partial charge >= 0.3 is 5.97 Å². The number of anilines is 2. The molecule has 0 spiro atoms. The van der Waals surface area contributed by atoms with Gasteiger partial charge in [0, 0.05) is 30.8 Å². The fourth-order valence-corrected chi connectivity index (χ4v) is 3.58. The smallest absolute Gasteiger partial charge is 0.340 e. The molecule has 11 heteroatoms. The lowest BCUT2D eigenvalue weighted by Gasteiger charge is -2.33. The van der Waals surface area contributed by atoms with E-state index in [1.807, 2.05) is 6.07 Å². The normalized spacial score (nSPS) is 14.0. The van der Waals surface area contributed by atoms with Crippen molar-refractivity contribution in [3.8, 4) is 0 Å². The number of hydrogen-bond acceptors (Lipinski definition) is 8. The Labute approximate surface area is 176 Å². The van der Waals surface area contributed by atoms with E-state index in [1.54, 1.807) is 29.2 Å². The number of para-hydroxylation sites is 1. The molecular weight excluding hydrogens is 408 g/mol. The van der Waals surface area contributed by atoms with Gasteiger partial charge in [0.05, 0.1) is 28.6 Å². The molecule has 11 nitrogen and oxygen atoms in total. The first-order chi connectivity index (χ1) is 14.8. The number of hydrogen-bond donors (Lipinski definition) is 1. The van der Waals surface area contributed by atoms with Gasteiger partial charge in [0.1, 0.15) is 5.69 Å². The molecule has 3 rings (SSSR count). The Hall–Kier alpha value is -4.02. The van der Waals surface area contributed by atoms with Crippen molar-refractivity contribution in [1.29, 1.82) is 0 Å². The number of carbonyl (C=O) groups excluding carboxylic acids is 2. The predicted octanol–water partition coefficient (Wildman–Crippen LogP) is 3.14. The van der Waals surface area contributed by atoms with Crippen molar-refractivity contribution in [1.82, 2.24) is 0 Å². The van der Waals surface area contributed by atoms with Crippen LogP contribution in [0.5, 0.6) is 0 Å². The van der Waals surface area contributed by atoms with Crippen molar-refractivity contribution in [2.75, 3.05) is 30.4 Å². The summed E-state index contributed by atoms with van der Waals surface area (Å²) >= 11 is 0. The van der Waals surface area contributed by atoms with Gasteiger partial charge in [-0.05, 0) is 25.0 Å². The van der Waals surface area contributed by atoms with Crippen molar-refractivity contribution in [3.63, 3.8) is 0 Å². The van der Waals surface area contributed by atoms with Crippen LogP contribution in [0, 0.1) is 26.1 Å². The molecule has 0 saturated carbocycles. The lowest BCUT2D eigenvalue weighted by molar-refractivity contribution is -0.393. The molecule has 0 aliphatic carbocycles. The lowest BCUT2D eigenvalue weighted by Crippen LogP contribution is -2.39. The third-order valence-corrected chi connectivity index (χ3v) is 5.11. The standard InChI is InChI=1S/C20H20N4O7/c1-31-20(26)16-11-15(23(27)28)12-17(24(29)30)18(16)22-9-7-13(8-10-22)19(25)21-14-5-3-2-4-6-14/h2-6,11-13H,7-10H2,1H3,(H,21,25). The van der Waals surface area contributed by atoms with Gasteiger partial charge in [-0.2, -0.15) is 0 Å². The van der Waals surface area contributed by atoms with E-state index in [1.165, 1.54) is 0 Å². The molecule has 1 heterocycles. The van der Waals surface area contributed by atoms with Crippen LogP contribution >= 0.6 is 0 Å². The first kappa shape index (κ1) is 21.7. The highest BCUT2D eigenvalue weighted by molar-refractivity contribution is 5.99. The van der Waals surface area contributed by atoms with Gasteiger partial charge in [-0.15, -0.1) is 0 Å². The zero-order chi connectivity index (χ0) is 22.5. The van der Waals surface area contributed by atoms with Crippen molar-refractivity contribution >= 4 is 34.6 Å². The van der Waals surface area contributed by atoms with Crippen molar-refractivity contribution < 1.29 is 24.2 Å². The molecule has 162 valence electrons. The van der Waals surface area contributed by atoms with Crippen LogP contribution in [0.15, 0.2) is 42.5 Å². The molecule has 0 radical (unpaired) electrons. The topological polar surface area (TPSA) is 145 Å². The summed E-state index contributed by atoms with van der Waals surface area (Å²) in [7, 11) is 1.09. The Morgan fingerprint density at radius 1 is 1.06 bits per heavy atom. The van der Waals surface area contributed by atoms with E-state index in [4.69, 9.17) is 0 Å². The zero-order valence-corrected chi connectivity index (χ0v) is 16.6. The summed E-state index contributed by atoms with van der Waals surface area (Å²) < 4.78 is 4.69. The highest BCUT2D eigenvalue weighted by Gasteiger charge is 2.34. The summed E-state index contributed by atoms with van der Waals surface area (Å²) in [5.74, 6) is -1.38. The number of nitro groups is 2. The molecule has 1 saturated heterocycles. The maximum absolute atomic E-state index is 12.5. The number of ether oxygens (including phenoxy) is 1. The molecule has 0 unspecified atom stereocenters. The Morgan fingerprint density at radius 2 is 1.71 bits per heavy atom. The minimum absolute atomic E-state index is 0.0376. The van der Waals surface area contributed by atoms with Crippen LogP contribution in [0.2, 0.25) is 0 Å². The number of rotatable bonds is 6. The van der Waals surface area contributed by atoms with Crippen LogP contribution in [-0.2, 0) is 9.53 Å². The number of nitrogens with zero attached hydrogens (tertiary/aromatic N) is 3. The first-order valence-corrected chi connectivity index (χ1v) is 9.47. The Morgan fingerprint density at radius 3 is 2.26 bits per heavy atom. The summed E-state index contributed by atoms with van der Waals surface area (Å²) in [6.45, 7) is 0.519. The van der Waals surface area contributed by atoms with Crippen LogP contribution in [0.3, 0.4) is 0 Å². The number of nitrogens with one attached hydrogen (secondary N) is 1. The van der Waals surface area contributed by atoms with Crippen LogP contribution < -0.4 is 10.2 Å². The number of piperidine rings is 1. The fraction of sp³-hybridized carbons (Fsp3) is 0.300. The van der Waals surface area contributed by atoms with E-state index >= 15 is 0 Å². The molecule has 2 aromatic rings. The van der Waals surface area contributed by atoms with Crippen LogP contribution in [0.4, 0.5) is 22.7 Å². The molecule has 1 N–H and O–H groups in total. The van der Waals surface area contributed by atoms with Crippen LogP contribution in [-0.4, -0.2) is 41.9 Å². The summed E-state index contributed by atoms with van der Waals surface area (Å²) in [5, 5.41) is 25.6. The number of carbonyl (C=O) groups is 2. The van der Waals surface area contributed by atoms with Crippen molar-refractivity contribution in [3.05, 3.63) is 68.3 Å². The fourth-order valence-electron chi connectivity index (χ4n) is 3.58. The quantitative estimate of drug-likeness (QED) is 0.419. The summed E-state index contributed by atoms with van der Waals surface area (Å²) in [6.07, 6.45) is 0.793. The molecular formula is C20H20N4O7. The highest BCUT2D eigenvalue weighted by atomic mass is 16.6. The second-order valence-electron chi connectivity index (χ2n) is 6.98. The second-order valence-corrected chi connectivity index (χ2v) is 6.98. The molecule has 1 aliphatic heterocycles. The monoisotopic (exact) mass is 428 g/mol. The van der Waals surface area contributed by atoms with Crippen LogP contribution in [0.25, 0.3) is 0 Å². The maximum atomic E-state index is 12.5. The van der Waals surface area contributed by atoms with E-state index in [-0.39, 0.29) is 36.2 Å². The summed E-state index contributed by atoms with van der Waals surface area (Å²) in [4.78, 5) is 47.6. The highest BCUT2D eigenvalue weighted by Crippen LogP contribution is 2.38. The third-order valence-electron chi connectivity index (χ3n) is 5.11. The molecule has 0 atom stereocenters. The average Bonchev–Trinajstić information content (AvgIpc) is 2.78. The summed E-state index contributed by atoms with van der Waals surface area (Å²) in [5.41, 5.74) is -0.747. The van der Waals surface area contributed by atoms with E-state index in [0.29, 0.717) is 18.5 Å². The van der Waals surface area contributed by atoms with Gasteiger partial charge in [0.25, 0.3) is 11.4 Å². The number of amides is 1. The SMILES string of the molecule is COC(=O)c1cc([N+](=O)[O-])cc([N+](=O)[O-])c1N1CCC(C(=O)Nc2ccccc2)CC1. The minimum Gasteiger partial charge on any atom is -0.465 e. The van der Waals surface area contributed by atoms with Gasteiger partial charge in [0.15, 0.2) is 0 Å². The Bertz CT molecular complexity index is 1020. The zero-order valence-electron chi connectivity index (χ0n) is 16.6. The molecule has 1 fully saturated rings. The maximum Gasteiger partial charge on any atom is 0.340 e. The molecule has 1 amide bonds. The number of non-ortho nitro benzene ring substituents is 1. The van der Waals surface area contributed by atoms with E-state index in [0.717, 1.165) is 19.2 Å². The number of nitro benzene ring substituents is 2. The van der Waals surface area contributed by atoms with Gasteiger partial charge in [-0.1, -0.05) is 18.2 Å². The van der Waals surface area contributed by atoms with E-state index < -0.39 is 27.2 Å². The number of benzene rings is 2. The minimum atomic E-state index is -0.911. The van der Waals surface area contributed by atoms with Crippen LogP contribution in [0.1, 0.15) is 23.2 Å². The predicted molar refractivity (Wildman–Crippen MR) is 111 cm³/mol. The third kappa shape index (κ3) is 4.77. The molecule has 1 aliphatic rings. The average molecular weight is 428 g/mol. The number of esters is 1. The van der Waals surface area contributed by atoms with Crippen molar-refractivity contribution in [2.45, 2.75) is 12.8 Å². The first-order valence-electron chi connectivity index (χ1n) is 9.47. The largest absolute Gasteiger partial charge is 0.465 e. The van der Waals surface area contributed by atoms with Gasteiger partial charge in [-0.25, -0.2) is 4.79 Å². The number of methoxy groups -OCH3 is 1. The second kappa shape index (κ2) is 9.20. The molecule has 2 aromatic carbocycles. The molecule has 0 aromatic heterocycles. The molecule has 31 heavy (non-hydrogen) atoms. The van der Waals surface area contributed by atoms with Crippen molar-refractivity contribution in [2.24, 2.45) is 5.92 Å². The van der Waals surface area contributed by atoms with E-state index in [9.17, 15) is 29.8 Å². The van der Waals surface area contributed by atoms with E-state index in [2.05, 4.69) is 10.1 Å². The summed E-state index contributed by atoms with van der Waals surface area (Å²) in [6, 6.07) is 10.8. The van der Waals surface area contributed by atoms with Gasteiger partial charge in [-0.3, -0.25) is 25.0 Å². The lowest BCUT2D eigenvalue weighted by atomic mass is 9.94. The van der Waals surface area contributed by atoms with Gasteiger partial charge in [0.2, 0.25) is 5.91 Å². The Kier molecular flexibility index (Phi) is 6.43. The molecule has 0 bridgehead atoms. The Balaban J connectivity index is 1.85.